The summed E-state index contributed by atoms with van der Waals surface area (Å²) >= 11 is 0. The highest BCUT2D eigenvalue weighted by molar-refractivity contribution is 6.15. The van der Waals surface area contributed by atoms with E-state index >= 15 is 0 Å². The Hall–Kier alpha value is -2.83. The molecule has 0 spiro atoms. The van der Waals surface area contributed by atoms with E-state index in [1.54, 1.807) is 24.3 Å². The van der Waals surface area contributed by atoms with Crippen molar-refractivity contribution in [3.8, 4) is 5.75 Å². The molecule has 1 aliphatic heterocycles. The Balaban J connectivity index is 2.20. The third kappa shape index (κ3) is 2.77. The summed E-state index contributed by atoms with van der Waals surface area (Å²) in [6.07, 6.45) is 1.45. The van der Waals surface area contributed by atoms with Crippen LogP contribution in [0.15, 0.2) is 30.0 Å². The lowest BCUT2D eigenvalue weighted by Gasteiger charge is -2.11. The summed E-state index contributed by atoms with van der Waals surface area (Å²) < 4.78 is 5.00. The molecule has 0 bridgehead atoms. The van der Waals surface area contributed by atoms with Gasteiger partial charge in [0.2, 0.25) is 0 Å². The van der Waals surface area contributed by atoms with E-state index in [1.165, 1.54) is 13.2 Å². The van der Waals surface area contributed by atoms with E-state index in [0.29, 0.717) is 16.2 Å². The molecule has 104 valence electrons. The summed E-state index contributed by atoms with van der Waals surface area (Å²) in [6, 6.07) is 6.03. The molecule has 0 atom stereocenters. The van der Waals surface area contributed by atoms with Crippen molar-refractivity contribution < 1.29 is 24.2 Å². The number of amides is 3. The first-order chi connectivity index (χ1) is 9.51. The minimum atomic E-state index is -1.50. The van der Waals surface area contributed by atoms with Crippen LogP contribution in [0.3, 0.4) is 0 Å². The molecule has 3 amide bonds. The first kappa shape index (κ1) is 13.6. The van der Waals surface area contributed by atoms with Crippen LogP contribution < -0.4 is 15.2 Å². The van der Waals surface area contributed by atoms with Crippen LogP contribution in [0, 0.1) is 0 Å². The van der Waals surface area contributed by atoms with Crippen molar-refractivity contribution in [1.82, 2.24) is 10.2 Å². The Morgan fingerprint density at radius 1 is 1.35 bits per heavy atom. The molecule has 0 saturated carbocycles. The minimum Gasteiger partial charge on any atom is -0.548 e. The average Bonchev–Trinajstić information content (AvgIpc) is 2.67. The molecule has 0 radical (unpaired) electrons. The monoisotopic (exact) mass is 275 g/mol. The smallest absolute Gasteiger partial charge is 0.329 e. The summed E-state index contributed by atoms with van der Waals surface area (Å²) in [5.74, 6) is -1.54. The van der Waals surface area contributed by atoms with E-state index in [9.17, 15) is 19.5 Å². The van der Waals surface area contributed by atoms with Gasteiger partial charge in [0.15, 0.2) is 0 Å². The average molecular weight is 275 g/mol. The summed E-state index contributed by atoms with van der Waals surface area (Å²) in [4.78, 5) is 34.3. The second-order valence-corrected chi connectivity index (χ2v) is 4.02. The topological polar surface area (TPSA) is 98.8 Å². The number of carbonyl (C=O) groups is 3. The minimum absolute atomic E-state index is 0.0152. The van der Waals surface area contributed by atoms with Gasteiger partial charge in [0.25, 0.3) is 5.91 Å². The number of nitrogens with one attached hydrogen (secondary N) is 1. The van der Waals surface area contributed by atoms with E-state index in [0.717, 1.165) is 0 Å². The largest absolute Gasteiger partial charge is 0.548 e. The number of hydrogen-bond donors (Lipinski definition) is 1. The fraction of sp³-hybridized carbons (Fsp3) is 0.154. The number of methoxy groups -OCH3 is 1. The van der Waals surface area contributed by atoms with Gasteiger partial charge < -0.3 is 20.0 Å². The number of nitrogens with zero attached hydrogens (tertiary/aromatic N) is 1. The van der Waals surface area contributed by atoms with Crippen LogP contribution in [-0.4, -0.2) is 36.5 Å². The summed E-state index contributed by atoms with van der Waals surface area (Å²) in [7, 11) is 1.53. The maximum atomic E-state index is 11.8. The maximum absolute atomic E-state index is 11.8. The lowest BCUT2D eigenvalue weighted by Crippen LogP contribution is -2.41. The molecule has 1 heterocycles. The van der Waals surface area contributed by atoms with Crippen molar-refractivity contribution >= 4 is 24.0 Å². The number of urea groups is 1. The van der Waals surface area contributed by atoms with Crippen LogP contribution >= 0.6 is 0 Å². The number of ether oxygens (including phenoxy) is 1. The van der Waals surface area contributed by atoms with Crippen LogP contribution in [0.1, 0.15) is 5.56 Å². The van der Waals surface area contributed by atoms with Crippen molar-refractivity contribution in [3.05, 3.63) is 35.5 Å². The number of benzene rings is 1. The molecule has 1 aromatic rings. The zero-order valence-electron chi connectivity index (χ0n) is 10.6. The number of carbonyl (C=O) groups excluding carboxylic acids is 3. The molecule has 7 heteroatoms. The molecule has 2 rings (SSSR count). The fourth-order valence-electron chi connectivity index (χ4n) is 1.71. The summed E-state index contributed by atoms with van der Waals surface area (Å²) in [5.41, 5.74) is 0.686. The van der Waals surface area contributed by atoms with Crippen molar-refractivity contribution in [3.63, 3.8) is 0 Å². The van der Waals surface area contributed by atoms with E-state index < -0.39 is 24.5 Å². The highest BCUT2D eigenvalue weighted by Crippen LogP contribution is 2.16. The second-order valence-electron chi connectivity index (χ2n) is 4.02. The van der Waals surface area contributed by atoms with E-state index in [2.05, 4.69) is 5.32 Å². The number of rotatable bonds is 4. The normalized spacial score (nSPS) is 16.4. The molecule has 1 aromatic carbocycles. The van der Waals surface area contributed by atoms with E-state index in [1.807, 2.05) is 0 Å². The Bertz CT molecular complexity index is 591. The van der Waals surface area contributed by atoms with Gasteiger partial charge in [-0.15, -0.1) is 0 Å². The molecular formula is C13H11N2O5-. The molecule has 7 nitrogen and oxygen atoms in total. The maximum Gasteiger partial charge on any atom is 0.329 e. The van der Waals surface area contributed by atoms with Gasteiger partial charge >= 0.3 is 6.03 Å². The number of hydrogen-bond acceptors (Lipinski definition) is 5. The number of imide groups is 1. The van der Waals surface area contributed by atoms with Gasteiger partial charge in [0.05, 0.1) is 19.6 Å². The molecule has 1 aliphatic rings. The fourth-order valence-corrected chi connectivity index (χ4v) is 1.71. The van der Waals surface area contributed by atoms with Crippen LogP contribution in [0.5, 0.6) is 5.75 Å². The molecule has 0 unspecified atom stereocenters. The number of carboxylic acids is 1. The van der Waals surface area contributed by atoms with Crippen molar-refractivity contribution in [2.24, 2.45) is 0 Å². The van der Waals surface area contributed by atoms with Crippen molar-refractivity contribution in [2.75, 3.05) is 13.7 Å². The molecule has 0 aromatic heterocycles. The van der Waals surface area contributed by atoms with Crippen molar-refractivity contribution in [2.45, 2.75) is 0 Å². The Kier molecular flexibility index (Phi) is 3.69. The van der Waals surface area contributed by atoms with Gasteiger partial charge in [-0.05, 0) is 23.8 Å². The predicted molar refractivity (Wildman–Crippen MR) is 66.2 cm³/mol. The molecular weight excluding hydrogens is 264 g/mol. The van der Waals surface area contributed by atoms with Gasteiger partial charge in [-0.2, -0.15) is 0 Å². The first-order valence-electron chi connectivity index (χ1n) is 5.69. The zero-order valence-corrected chi connectivity index (χ0v) is 10.6. The van der Waals surface area contributed by atoms with Gasteiger partial charge in [-0.25, -0.2) is 4.79 Å². The van der Waals surface area contributed by atoms with Gasteiger partial charge in [0, 0.05) is 0 Å². The van der Waals surface area contributed by atoms with Crippen LogP contribution in [-0.2, 0) is 9.59 Å². The quantitative estimate of drug-likeness (QED) is 0.581. The first-order valence-corrected chi connectivity index (χ1v) is 5.69. The number of aliphatic carboxylic acids is 1. The Morgan fingerprint density at radius 2 is 2.00 bits per heavy atom. The lowest BCUT2D eigenvalue weighted by molar-refractivity contribution is -0.305. The standard InChI is InChI=1S/C13H12N2O5/c1-20-9-4-2-8(3-5-9)6-10-12(18)15(7-11(16)17)13(19)14-10/h2-6H,7H2,1H3,(H,14,19)(H,16,17)/p-1/b10-6+. The third-order valence-electron chi connectivity index (χ3n) is 2.68. The molecule has 1 saturated heterocycles. The summed E-state index contributed by atoms with van der Waals surface area (Å²) in [6.45, 7) is -0.773. The van der Waals surface area contributed by atoms with E-state index in [-0.39, 0.29) is 5.70 Å². The number of carboxylic acid groups (broad SMARTS) is 1. The van der Waals surface area contributed by atoms with Crippen LogP contribution in [0.4, 0.5) is 4.79 Å². The molecule has 1 fully saturated rings. The van der Waals surface area contributed by atoms with Gasteiger partial charge in [-0.3, -0.25) is 9.69 Å². The highest BCUT2D eigenvalue weighted by atomic mass is 16.5. The molecule has 0 aliphatic carbocycles. The highest BCUT2D eigenvalue weighted by Gasteiger charge is 2.33. The SMILES string of the molecule is COc1ccc(/C=C2/NC(=O)N(CC(=O)[O-])C2=O)cc1. The Labute approximate surface area is 114 Å². The summed E-state index contributed by atoms with van der Waals surface area (Å²) in [5, 5.41) is 12.8. The Morgan fingerprint density at radius 3 is 2.55 bits per heavy atom. The van der Waals surface area contributed by atoms with Crippen LogP contribution in [0.25, 0.3) is 6.08 Å². The van der Waals surface area contributed by atoms with Gasteiger partial charge in [-0.1, -0.05) is 12.1 Å². The van der Waals surface area contributed by atoms with Crippen molar-refractivity contribution in [1.29, 1.82) is 0 Å². The van der Waals surface area contributed by atoms with E-state index in [4.69, 9.17) is 4.74 Å². The molecule has 1 N–H and O–H groups in total. The predicted octanol–water partition coefficient (Wildman–Crippen LogP) is -0.662. The molecule has 20 heavy (non-hydrogen) atoms. The third-order valence-corrected chi connectivity index (χ3v) is 2.68. The second kappa shape index (κ2) is 5.43. The van der Waals surface area contributed by atoms with Gasteiger partial charge in [0.1, 0.15) is 11.4 Å². The van der Waals surface area contributed by atoms with Crippen LogP contribution in [0.2, 0.25) is 0 Å². The lowest BCUT2D eigenvalue weighted by atomic mass is 10.2. The zero-order chi connectivity index (χ0) is 14.7.